The van der Waals surface area contributed by atoms with Crippen molar-refractivity contribution < 1.29 is 42.5 Å². The van der Waals surface area contributed by atoms with Crippen LogP contribution in [0.2, 0.25) is 38.3 Å². The van der Waals surface area contributed by atoms with Gasteiger partial charge in [0.2, 0.25) is 47.3 Å². The Balaban J connectivity index is 0.728. The highest BCUT2D eigenvalue weighted by Crippen LogP contribution is 2.58. The SMILES string of the molecule is CCC(C)(CC)CCC[Si](C)(C)O[Si](C)(C)CCCN1C(=O)CC(C2CC3C(=O)N(C(C)(C)C(C)(CC)C4CCC(CC5CCC(N6C(=O)CC(C7CC8C(=O)N(C)C(=O)C8c8ccccc87)C6=O)CC5)CC4)C(=O)C3c3ccccc32)C1=O. The highest BCUT2D eigenvalue weighted by molar-refractivity contribution is 6.84. The molecule has 9 unspecified atom stereocenters. The van der Waals surface area contributed by atoms with Crippen molar-refractivity contribution in [3.05, 3.63) is 70.8 Å². The van der Waals surface area contributed by atoms with Gasteiger partial charge in [-0.3, -0.25) is 58.0 Å². The van der Waals surface area contributed by atoms with Crippen molar-refractivity contribution in [3.8, 4) is 0 Å². The third-order valence-corrected chi connectivity index (χ3v) is 31.8. The molecule has 8 aliphatic rings. The summed E-state index contributed by atoms with van der Waals surface area (Å²) in [6, 6.07) is 17.5. The molecule has 2 saturated carbocycles. The van der Waals surface area contributed by atoms with Crippen LogP contribution >= 0.6 is 0 Å². The topological polar surface area (TPSA) is 159 Å². The highest BCUT2D eigenvalue weighted by atomic mass is 28.4. The van der Waals surface area contributed by atoms with E-state index < -0.39 is 57.7 Å². The summed E-state index contributed by atoms with van der Waals surface area (Å²) in [7, 11) is -2.43. The number of carbonyl (C=O) groups excluding carboxylic acids is 8. The zero-order valence-corrected chi connectivity index (χ0v) is 55.1. The van der Waals surface area contributed by atoms with E-state index in [4.69, 9.17) is 4.12 Å². The van der Waals surface area contributed by atoms with Gasteiger partial charge in [0.25, 0.3) is 0 Å². The second-order valence-electron chi connectivity index (χ2n) is 30.0. The smallest absolute Gasteiger partial charge is 0.238 e. The van der Waals surface area contributed by atoms with Gasteiger partial charge in [0.05, 0.1) is 41.0 Å². The standard InChI is InChI=1S/C69H100N4O9Si2/c1-13-68(6,14-2)34-20-36-83(9,10)82-84(11,12)37-21-35-71-57(74)41-53(62(71)77)51-40-56-60(50-25-19-17-23-48(50)51)66(81)73(64(56)79)67(4,5)69(7,15-3)45-30-26-43(27-31-45)38-44-28-32-46(33-29-44)72-58(75)42-54(63(72)78)52-39-55-59(65(80)70(8)61(55)76)49-24-18-16-22-47(49)52/h16-19,22-25,43-46,51-56,59-60H,13-15,20-21,26-42H2,1-12H3. The van der Waals surface area contributed by atoms with E-state index in [0.717, 1.165) is 98.6 Å². The first-order chi connectivity index (χ1) is 39.7. The van der Waals surface area contributed by atoms with Gasteiger partial charge in [-0.2, -0.15) is 0 Å². The lowest BCUT2D eigenvalue weighted by molar-refractivity contribution is -0.155. The van der Waals surface area contributed by atoms with Gasteiger partial charge in [-0.1, -0.05) is 115 Å². The number of amides is 8. The van der Waals surface area contributed by atoms with Crippen molar-refractivity contribution >= 4 is 63.9 Å². The normalized spacial score (nSPS) is 31.2. The second kappa shape index (κ2) is 23.8. The van der Waals surface area contributed by atoms with E-state index >= 15 is 9.59 Å². The number of hydrogen-bond acceptors (Lipinski definition) is 9. The van der Waals surface area contributed by atoms with E-state index in [1.807, 2.05) is 48.5 Å². The van der Waals surface area contributed by atoms with E-state index in [2.05, 4.69) is 74.7 Å². The fourth-order valence-electron chi connectivity index (χ4n) is 18.5. The van der Waals surface area contributed by atoms with Crippen LogP contribution in [0.5, 0.6) is 0 Å². The number of carbonyl (C=O) groups is 8. The molecule has 4 saturated heterocycles. The van der Waals surface area contributed by atoms with Crippen molar-refractivity contribution in [1.82, 2.24) is 19.6 Å². The molecule has 2 aromatic carbocycles. The molecule has 10 rings (SSSR count). The number of hydrogen-bond donors (Lipinski definition) is 0. The molecule has 8 amide bonds. The summed E-state index contributed by atoms with van der Waals surface area (Å²) in [6.07, 6.45) is 16.1. The highest BCUT2D eigenvalue weighted by Gasteiger charge is 2.62. The lowest BCUT2D eigenvalue weighted by Gasteiger charge is -2.54. The van der Waals surface area contributed by atoms with Crippen LogP contribution in [0.25, 0.3) is 0 Å². The van der Waals surface area contributed by atoms with Gasteiger partial charge in [-0.25, -0.2) is 0 Å². The number of imide groups is 4. The van der Waals surface area contributed by atoms with Crippen LogP contribution in [0, 0.1) is 52.3 Å². The Bertz CT molecular complexity index is 2900. The number of likely N-dealkylation sites (tertiary alicyclic amines) is 4. The van der Waals surface area contributed by atoms with Crippen molar-refractivity contribution in [2.45, 2.75) is 244 Å². The van der Waals surface area contributed by atoms with E-state index in [9.17, 15) is 28.8 Å². The molecule has 2 aromatic rings. The molecule has 458 valence electrons. The molecule has 0 bridgehead atoms. The first-order valence-electron chi connectivity index (χ1n) is 33.0. The zero-order valence-electron chi connectivity index (χ0n) is 53.1. The maximum atomic E-state index is 15.2. The van der Waals surface area contributed by atoms with Gasteiger partial charge in [0.15, 0.2) is 16.6 Å². The fourth-order valence-corrected chi connectivity index (χ4v) is 27.3. The summed E-state index contributed by atoms with van der Waals surface area (Å²) in [5.41, 5.74) is 2.74. The first-order valence-corrected chi connectivity index (χ1v) is 39.2. The van der Waals surface area contributed by atoms with Crippen LogP contribution in [-0.4, -0.2) is 109 Å². The monoisotopic (exact) mass is 1180 g/mol. The summed E-state index contributed by atoms with van der Waals surface area (Å²) < 4.78 is 7.01. The summed E-state index contributed by atoms with van der Waals surface area (Å²) in [4.78, 5) is 119. The molecular weight excluding hydrogens is 1080 g/mol. The molecule has 0 spiro atoms. The third-order valence-electron chi connectivity index (χ3n) is 24.3. The number of rotatable bonds is 21. The molecule has 9 atom stereocenters. The van der Waals surface area contributed by atoms with Gasteiger partial charge < -0.3 is 4.12 Å². The minimum absolute atomic E-state index is 0.115. The lowest BCUT2D eigenvalue weighted by Crippen LogP contribution is -2.60. The fraction of sp³-hybridized carbons (Fsp3) is 0.710. The molecule has 0 N–H and O–H groups in total. The molecule has 4 aliphatic heterocycles. The maximum absolute atomic E-state index is 15.2. The number of benzene rings is 2. The van der Waals surface area contributed by atoms with Crippen molar-refractivity contribution in [1.29, 1.82) is 0 Å². The van der Waals surface area contributed by atoms with Gasteiger partial charge in [-0.15, -0.1) is 0 Å². The largest absolute Gasteiger partial charge is 0.455 e. The molecule has 4 heterocycles. The average molecular weight is 1190 g/mol. The Kier molecular flexibility index (Phi) is 17.7. The minimum Gasteiger partial charge on any atom is -0.455 e. The number of likely N-dealkylation sites (N-methyl/N-ethyl adjacent to an activating group) is 1. The van der Waals surface area contributed by atoms with Crippen molar-refractivity contribution in [3.63, 3.8) is 0 Å². The van der Waals surface area contributed by atoms with E-state index in [-0.39, 0.29) is 83.4 Å². The Hall–Kier alpha value is -4.61. The molecule has 13 nitrogen and oxygen atoms in total. The minimum atomic E-state index is -2.07. The zero-order chi connectivity index (χ0) is 60.6. The predicted octanol–water partition coefficient (Wildman–Crippen LogP) is 13.3. The van der Waals surface area contributed by atoms with E-state index in [0.29, 0.717) is 49.0 Å². The second-order valence-corrected chi connectivity index (χ2v) is 38.9. The average Bonchev–Trinajstić information content (AvgIpc) is 1.92. The predicted molar refractivity (Wildman–Crippen MR) is 331 cm³/mol. The van der Waals surface area contributed by atoms with Crippen LogP contribution in [-0.2, 0) is 42.5 Å². The first kappa shape index (κ1) is 62.4. The molecule has 0 aromatic heterocycles. The van der Waals surface area contributed by atoms with E-state index in [1.165, 1.54) is 35.5 Å². The summed E-state index contributed by atoms with van der Waals surface area (Å²) >= 11 is 0. The molecule has 0 radical (unpaired) electrons. The molecule has 4 aliphatic carbocycles. The van der Waals surface area contributed by atoms with Crippen LogP contribution in [0.15, 0.2) is 48.5 Å². The summed E-state index contributed by atoms with van der Waals surface area (Å²) in [5, 5.41) is 0. The molecule has 15 heteroatoms. The van der Waals surface area contributed by atoms with Gasteiger partial charge in [0.1, 0.15) is 0 Å². The Morgan fingerprint density at radius 3 is 1.56 bits per heavy atom. The lowest BCUT2D eigenvalue weighted by atomic mass is 9.57. The van der Waals surface area contributed by atoms with Gasteiger partial charge >= 0.3 is 0 Å². The Morgan fingerprint density at radius 2 is 1.01 bits per heavy atom. The quantitative estimate of drug-likeness (QED) is 0.0876. The Labute approximate surface area is 504 Å². The van der Waals surface area contributed by atoms with Crippen LogP contribution < -0.4 is 0 Å². The van der Waals surface area contributed by atoms with Crippen molar-refractivity contribution in [2.24, 2.45) is 52.3 Å². The third kappa shape index (κ3) is 11.2. The number of nitrogens with zero attached hydrogens (tertiary/aromatic N) is 4. The van der Waals surface area contributed by atoms with Crippen LogP contribution in [0.3, 0.4) is 0 Å². The van der Waals surface area contributed by atoms with Crippen molar-refractivity contribution in [2.75, 3.05) is 13.6 Å². The van der Waals surface area contributed by atoms with Gasteiger partial charge in [-0.05, 0) is 192 Å². The maximum Gasteiger partial charge on any atom is 0.238 e. The number of fused-ring (bicyclic) bond motifs is 6. The van der Waals surface area contributed by atoms with E-state index in [1.54, 1.807) is 16.8 Å². The molecule has 6 fully saturated rings. The molecule has 84 heavy (non-hydrogen) atoms. The van der Waals surface area contributed by atoms with Crippen LogP contribution in [0.1, 0.15) is 216 Å². The summed E-state index contributed by atoms with van der Waals surface area (Å²) in [5.74, 6) is -3.84. The summed E-state index contributed by atoms with van der Waals surface area (Å²) in [6.45, 7) is 25.3. The molecular formula is C69H100N4O9Si2. The van der Waals surface area contributed by atoms with Crippen LogP contribution in [0.4, 0.5) is 0 Å². The van der Waals surface area contributed by atoms with Gasteiger partial charge in [0, 0.05) is 32.5 Å². The Morgan fingerprint density at radius 1 is 0.524 bits per heavy atom.